The smallest absolute Gasteiger partial charge is 0.251 e. The number of pyridine rings is 1. The van der Waals surface area contributed by atoms with E-state index in [-0.39, 0.29) is 11.4 Å². The molecular formula is C11H15ClN2O. The molecule has 1 aromatic heterocycles. The van der Waals surface area contributed by atoms with Gasteiger partial charge in [-0.2, -0.15) is 0 Å². The molecule has 1 rings (SSSR count). The maximum absolute atomic E-state index is 11.8. The van der Waals surface area contributed by atoms with Gasteiger partial charge in [0, 0.05) is 16.8 Å². The van der Waals surface area contributed by atoms with Crippen LogP contribution in [0.3, 0.4) is 0 Å². The van der Waals surface area contributed by atoms with E-state index in [0.29, 0.717) is 10.7 Å². The van der Waals surface area contributed by atoms with Crippen LogP contribution >= 0.6 is 11.6 Å². The van der Waals surface area contributed by atoms with Crippen LogP contribution in [0.1, 0.15) is 36.8 Å². The second-order valence-electron chi connectivity index (χ2n) is 4.52. The highest BCUT2D eigenvalue weighted by Gasteiger charge is 2.15. The molecule has 82 valence electrons. The largest absolute Gasteiger partial charge is 0.347 e. The summed E-state index contributed by atoms with van der Waals surface area (Å²) >= 11 is 5.77. The van der Waals surface area contributed by atoms with Gasteiger partial charge in [0.15, 0.2) is 0 Å². The Bertz CT molecular complexity index is 362. The SMILES string of the molecule is Cc1cc(C(=O)NC(C)(C)C)cc(Cl)n1. The summed E-state index contributed by atoms with van der Waals surface area (Å²) in [6, 6.07) is 3.28. The zero-order valence-corrected chi connectivity index (χ0v) is 10.1. The lowest BCUT2D eigenvalue weighted by Gasteiger charge is -2.20. The maximum Gasteiger partial charge on any atom is 0.251 e. The molecule has 0 radical (unpaired) electrons. The zero-order chi connectivity index (χ0) is 11.6. The number of amides is 1. The zero-order valence-electron chi connectivity index (χ0n) is 9.39. The lowest BCUT2D eigenvalue weighted by atomic mass is 10.1. The molecule has 0 spiro atoms. The summed E-state index contributed by atoms with van der Waals surface area (Å²) in [6.07, 6.45) is 0. The quantitative estimate of drug-likeness (QED) is 0.748. The minimum absolute atomic E-state index is 0.130. The van der Waals surface area contributed by atoms with E-state index in [9.17, 15) is 4.79 Å². The van der Waals surface area contributed by atoms with Crippen LogP contribution in [-0.4, -0.2) is 16.4 Å². The summed E-state index contributed by atoms with van der Waals surface area (Å²) in [7, 11) is 0. The van der Waals surface area contributed by atoms with E-state index in [1.165, 1.54) is 0 Å². The van der Waals surface area contributed by atoms with Gasteiger partial charge in [0.25, 0.3) is 5.91 Å². The fourth-order valence-corrected chi connectivity index (χ4v) is 1.42. The van der Waals surface area contributed by atoms with Crippen molar-refractivity contribution in [1.82, 2.24) is 10.3 Å². The van der Waals surface area contributed by atoms with Crippen LogP contribution < -0.4 is 5.32 Å². The third-order valence-electron chi connectivity index (χ3n) is 1.67. The molecule has 15 heavy (non-hydrogen) atoms. The first kappa shape index (κ1) is 12.0. The molecule has 0 fully saturated rings. The molecule has 3 nitrogen and oxygen atoms in total. The number of hydrogen-bond donors (Lipinski definition) is 1. The number of aromatic nitrogens is 1. The molecular weight excluding hydrogens is 212 g/mol. The minimum Gasteiger partial charge on any atom is -0.347 e. The molecule has 4 heteroatoms. The molecule has 1 N–H and O–H groups in total. The van der Waals surface area contributed by atoms with Crippen molar-refractivity contribution in [3.8, 4) is 0 Å². The van der Waals surface area contributed by atoms with Crippen molar-refractivity contribution in [2.24, 2.45) is 0 Å². The number of halogens is 1. The number of hydrogen-bond acceptors (Lipinski definition) is 2. The van der Waals surface area contributed by atoms with Crippen molar-refractivity contribution in [2.45, 2.75) is 33.2 Å². The number of aryl methyl sites for hydroxylation is 1. The van der Waals surface area contributed by atoms with Gasteiger partial charge in [-0.05, 0) is 39.8 Å². The summed E-state index contributed by atoms with van der Waals surface area (Å²) in [5, 5.41) is 3.21. The predicted molar refractivity (Wildman–Crippen MR) is 61.2 cm³/mol. The van der Waals surface area contributed by atoms with Gasteiger partial charge in [-0.1, -0.05) is 11.6 Å². The van der Waals surface area contributed by atoms with Crippen LogP contribution in [0.4, 0.5) is 0 Å². The Morgan fingerprint density at radius 1 is 1.40 bits per heavy atom. The van der Waals surface area contributed by atoms with Crippen LogP contribution in [0.2, 0.25) is 5.15 Å². The Balaban J connectivity index is 2.92. The highest BCUT2D eigenvalue weighted by atomic mass is 35.5. The first-order valence-electron chi connectivity index (χ1n) is 4.75. The fourth-order valence-electron chi connectivity index (χ4n) is 1.17. The van der Waals surface area contributed by atoms with E-state index in [4.69, 9.17) is 11.6 Å². The third kappa shape index (κ3) is 3.88. The van der Waals surface area contributed by atoms with Crippen molar-refractivity contribution in [2.75, 3.05) is 0 Å². The molecule has 1 heterocycles. The van der Waals surface area contributed by atoms with E-state index >= 15 is 0 Å². The molecule has 0 saturated heterocycles. The Hall–Kier alpha value is -1.09. The molecule has 0 bridgehead atoms. The van der Waals surface area contributed by atoms with Crippen molar-refractivity contribution < 1.29 is 4.79 Å². The van der Waals surface area contributed by atoms with Crippen LogP contribution in [0.15, 0.2) is 12.1 Å². The van der Waals surface area contributed by atoms with Crippen LogP contribution in [-0.2, 0) is 0 Å². The Morgan fingerprint density at radius 2 is 2.00 bits per heavy atom. The standard InChI is InChI=1S/C11H15ClN2O/c1-7-5-8(6-9(12)13-7)10(15)14-11(2,3)4/h5-6H,1-4H3,(H,14,15). The number of nitrogens with zero attached hydrogens (tertiary/aromatic N) is 1. The normalized spacial score (nSPS) is 11.3. The van der Waals surface area contributed by atoms with E-state index in [1.54, 1.807) is 19.1 Å². The van der Waals surface area contributed by atoms with E-state index in [2.05, 4.69) is 10.3 Å². The number of rotatable bonds is 1. The summed E-state index contributed by atoms with van der Waals surface area (Å²) in [6.45, 7) is 7.60. The summed E-state index contributed by atoms with van der Waals surface area (Å²) in [5.41, 5.74) is 1.03. The van der Waals surface area contributed by atoms with Gasteiger partial charge in [-0.3, -0.25) is 4.79 Å². The molecule has 0 aromatic carbocycles. The van der Waals surface area contributed by atoms with Gasteiger partial charge >= 0.3 is 0 Å². The lowest BCUT2D eigenvalue weighted by Crippen LogP contribution is -2.40. The average molecular weight is 227 g/mol. The third-order valence-corrected chi connectivity index (χ3v) is 1.87. The summed E-state index contributed by atoms with van der Waals surface area (Å²) in [4.78, 5) is 15.8. The predicted octanol–water partition coefficient (Wildman–Crippen LogP) is 2.57. The molecule has 0 saturated carbocycles. The Morgan fingerprint density at radius 3 is 2.47 bits per heavy atom. The van der Waals surface area contributed by atoms with Gasteiger partial charge in [0.1, 0.15) is 5.15 Å². The molecule has 0 aliphatic heterocycles. The van der Waals surface area contributed by atoms with Crippen molar-refractivity contribution >= 4 is 17.5 Å². The van der Waals surface area contributed by atoms with Gasteiger partial charge in [0.05, 0.1) is 0 Å². The van der Waals surface area contributed by atoms with Crippen molar-refractivity contribution in [3.05, 3.63) is 28.5 Å². The second-order valence-corrected chi connectivity index (χ2v) is 4.91. The summed E-state index contributed by atoms with van der Waals surface area (Å²) in [5.74, 6) is -0.130. The molecule has 1 amide bonds. The number of carbonyl (C=O) groups excluding carboxylic acids is 1. The Labute approximate surface area is 94.9 Å². The van der Waals surface area contributed by atoms with Crippen LogP contribution in [0, 0.1) is 6.92 Å². The van der Waals surface area contributed by atoms with Gasteiger partial charge in [-0.15, -0.1) is 0 Å². The van der Waals surface area contributed by atoms with E-state index in [1.807, 2.05) is 20.8 Å². The molecule has 1 aromatic rings. The van der Waals surface area contributed by atoms with E-state index < -0.39 is 0 Å². The fraction of sp³-hybridized carbons (Fsp3) is 0.455. The van der Waals surface area contributed by atoms with Crippen molar-refractivity contribution in [1.29, 1.82) is 0 Å². The monoisotopic (exact) mass is 226 g/mol. The Kier molecular flexibility index (Phi) is 3.35. The van der Waals surface area contributed by atoms with Gasteiger partial charge in [0.2, 0.25) is 0 Å². The average Bonchev–Trinajstić information content (AvgIpc) is 1.98. The molecule has 0 aliphatic rings. The summed E-state index contributed by atoms with van der Waals surface area (Å²) < 4.78 is 0. The maximum atomic E-state index is 11.8. The highest BCUT2D eigenvalue weighted by molar-refractivity contribution is 6.29. The minimum atomic E-state index is -0.249. The molecule has 0 aliphatic carbocycles. The number of nitrogens with one attached hydrogen (secondary N) is 1. The lowest BCUT2D eigenvalue weighted by molar-refractivity contribution is 0.0919. The topological polar surface area (TPSA) is 42.0 Å². The first-order chi connectivity index (χ1) is 6.78. The van der Waals surface area contributed by atoms with Crippen molar-refractivity contribution in [3.63, 3.8) is 0 Å². The number of carbonyl (C=O) groups is 1. The van der Waals surface area contributed by atoms with Crippen LogP contribution in [0.5, 0.6) is 0 Å². The molecule has 0 unspecified atom stereocenters. The first-order valence-corrected chi connectivity index (χ1v) is 5.12. The van der Waals surface area contributed by atoms with Gasteiger partial charge in [-0.25, -0.2) is 4.98 Å². The second kappa shape index (κ2) is 4.19. The molecule has 0 atom stereocenters. The van der Waals surface area contributed by atoms with E-state index in [0.717, 1.165) is 5.69 Å². The van der Waals surface area contributed by atoms with Crippen LogP contribution in [0.25, 0.3) is 0 Å². The van der Waals surface area contributed by atoms with Gasteiger partial charge < -0.3 is 5.32 Å². The highest BCUT2D eigenvalue weighted by Crippen LogP contribution is 2.11.